The Morgan fingerprint density at radius 1 is 0.529 bits per heavy atom. The van der Waals surface area contributed by atoms with Gasteiger partial charge in [0.25, 0.3) is 0 Å². The van der Waals surface area contributed by atoms with Crippen LogP contribution in [0.1, 0.15) is 207 Å². The van der Waals surface area contributed by atoms with Crippen molar-refractivity contribution in [3.63, 3.8) is 0 Å². The number of ether oxygens (including phenoxy) is 2. The van der Waals surface area contributed by atoms with Crippen molar-refractivity contribution in [1.29, 1.82) is 0 Å². The van der Waals surface area contributed by atoms with Gasteiger partial charge in [-0.2, -0.15) is 11.8 Å². The summed E-state index contributed by atoms with van der Waals surface area (Å²) >= 11 is 1.88. The molecule has 7 heteroatoms. The Bertz CT molecular complexity index is 722. The summed E-state index contributed by atoms with van der Waals surface area (Å²) in [6.45, 7) is 12.9. The second-order valence-corrected chi connectivity index (χ2v) is 16.4. The van der Waals surface area contributed by atoms with Crippen LogP contribution in [0.2, 0.25) is 0 Å². The molecule has 0 aromatic rings. The Morgan fingerprint density at radius 3 is 1.43 bits per heavy atom. The summed E-state index contributed by atoms with van der Waals surface area (Å²) in [5, 5.41) is 9.55. The van der Waals surface area contributed by atoms with Crippen LogP contribution in [0.4, 0.5) is 0 Å². The summed E-state index contributed by atoms with van der Waals surface area (Å²) in [6, 6.07) is 0. The topological polar surface area (TPSA) is 76.1 Å². The summed E-state index contributed by atoms with van der Waals surface area (Å²) < 4.78 is 11.3. The fourth-order valence-corrected chi connectivity index (χ4v) is 7.76. The lowest BCUT2D eigenvalue weighted by Crippen LogP contribution is -2.29. The van der Waals surface area contributed by atoms with E-state index in [-0.39, 0.29) is 30.4 Å². The Morgan fingerprint density at radius 2 is 0.941 bits per heavy atom. The lowest BCUT2D eigenvalue weighted by molar-refractivity contribution is -0.149. The van der Waals surface area contributed by atoms with Crippen molar-refractivity contribution < 1.29 is 24.2 Å². The summed E-state index contributed by atoms with van der Waals surface area (Å²) in [6.07, 6.45) is 33.5. The van der Waals surface area contributed by atoms with E-state index in [4.69, 9.17) is 9.47 Å². The van der Waals surface area contributed by atoms with Gasteiger partial charge in [0.15, 0.2) is 0 Å². The molecule has 0 saturated carbocycles. The van der Waals surface area contributed by atoms with Crippen molar-refractivity contribution in [2.45, 2.75) is 207 Å². The second kappa shape index (κ2) is 40.4. The maximum atomic E-state index is 13.0. The number of hydrogen-bond acceptors (Lipinski definition) is 7. The largest absolute Gasteiger partial charge is 0.465 e. The quantitative estimate of drug-likeness (QED) is 0.0494. The van der Waals surface area contributed by atoms with Crippen molar-refractivity contribution in [2.75, 3.05) is 51.0 Å². The van der Waals surface area contributed by atoms with Gasteiger partial charge in [-0.1, -0.05) is 163 Å². The SMILES string of the molecule is CCCCCCCCC(CCCCCCCC)C(=O)OCCCCCCCN(CCO)CCCCCCCOC(=O)C(C)CSCCCCCC. The number of thioether (sulfide) groups is 1. The van der Waals surface area contributed by atoms with Gasteiger partial charge in [-0.3, -0.25) is 9.59 Å². The molecule has 6 nitrogen and oxygen atoms in total. The molecule has 1 unspecified atom stereocenters. The molecule has 0 fully saturated rings. The third kappa shape index (κ3) is 34.7. The minimum atomic E-state index is -0.0413. The number of esters is 2. The molecule has 51 heavy (non-hydrogen) atoms. The highest BCUT2D eigenvalue weighted by Crippen LogP contribution is 2.21. The van der Waals surface area contributed by atoms with E-state index in [1.165, 1.54) is 109 Å². The Kier molecular flexibility index (Phi) is 39.8. The van der Waals surface area contributed by atoms with E-state index >= 15 is 0 Å². The Balaban J connectivity index is 3.98. The highest BCUT2D eigenvalue weighted by atomic mass is 32.2. The molecule has 0 aliphatic carbocycles. The first-order valence-corrected chi connectivity index (χ1v) is 23.4. The molecule has 0 aliphatic heterocycles. The number of carbonyl (C=O) groups excluding carboxylic acids is 2. The summed E-state index contributed by atoms with van der Waals surface area (Å²) in [5.74, 6) is 2.11. The van der Waals surface area contributed by atoms with Crippen molar-refractivity contribution in [2.24, 2.45) is 11.8 Å². The van der Waals surface area contributed by atoms with Gasteiger partial charge in [0.2, 0.25) is 0 Å². The molecular formula is C44H87NO5S. The number of rotatable bonds is 41. The van der Waals surface area contributed by atoms with E-state index < -0.39 is 0 Å². The van der Waals surface area contributed by atoms with Crippen LogP contribution in [0.15, 0.2) is 0 Å². The monoisotopic (exact) mass is 742 g/mol. The van der Waals surface area contributed by atoms with Crippen molar-refractivity contribution >= 4 is 23.7 Å². The zero-order chi connectivity index (χ0) is 37.5. The van der Waals surface area contributed by atoms with Gasteiger partial charge in [0.1, 0.15) is 0 Å². The normalized spacial score (nSPS) is 12.2. The molecule has 1 N–H and O–H groups in total. The molecule has 0 radical (unpaired) electrons. The van der Waals surface area contributed by atoms with Gasteiger partial charge < -0.3 is 19.5 Å². The van der Waals surface area contributed by atoms with Crippen LogP contribution in [0, 0.1) is 11.8 Å². The van der Waals surface area contributed by atoms with Gasteiger partial charge in [0, 0.05) is 12.3 Å². The number of aliphatic hydroxyl groups is 1. The van der Waals surface area contributed by atoms with Gasteiger partial charge >= 0.3 is 11.9 Å². The maximum absolute atomic E-state index is 13.0. The minimum Gasteiger partial charge on any atom is -0.465 e. The van der Waals surface area contributed by atoms with Crippen LogP contribution in [0.5, 0.6) is 0 Å². The van der Waals surface area contributed by atoms with Crippen molar-refractivity contribution in [3.8, 4) is 0 Å². The minimum absolute atomic E-state index is 0.0137. The molecule has 0 rings (SSSR count). The highest BCUT2D eigenvalue weighted by Gasteiger charge is 2.19. The molecule has 0 amide bonds. The predicted octanol–water partition coefficient (Wildman–Crippen LogP) is 12.3. The number of unbranched alkanes of at least 4 members (excludes halogenated alkanes) is 21. The third-order valence-electron chi connectivity index (χ3n) is 10.2. The van der Waals surface area contributed by atoms with Crippen LogP contribution < -0.4 is 0 Å². The molecule has 0 aromatic heterocycles. The first kappa shape index (κ1) is 50.2. The smallest absolute Gasteiger partial charge is 0.309 e. The van der Waals surface area contributed by atoms with E-state index in [0.717, 1.165) is 102 Å². The average molecular weight is 742 g/mol. The second-order valence-electron chi connectivity index (χ2n) is 15.3. The van der Waals surface area contributed by atoms with E-state index in [2.05, 4.69) is 25.7 Å². The molecular weight excluding hydrogens is 655 g/mol. The third-order valence-corrected chi connectivity index (χ3v) is 11.5. The highest BCUT2D eigenvalue weighted by molar-refractivity contribution is 7.99. The zero-order valence-corrected chi connectivity index (χ0v) is 35.4. The lowest BCUT2D eigenvalue weighted by atomic mass is 9.94. The van der Waals surface area contributed by atoms with Crippen LogP contribution in [-0.4, -0.2) is 72.9 Å². The Hall–Kier alpha value is -0.790. The molecule has 1 atom stereocenters. The number of nitrogens with zero attached hydrogens (tertiary/aromatic N) is 1. The molecule has 0 heterocycles. The van der Waals surface area contributed by atoms with E-state index in [9.17, 15) is 14.7 Å². The van der Waals surface area contributed by atoms with Gasteiger partial charge in [-0.15, -0.1) is 0 Å². The Labute approximate surface area is 322 Å². The molecule has 304 valence electrons. The van der Waals surface area contributed by atoms with Crippen molar-refractivity contribution in [1.82, 2.24) is 4.90 Å². The van der Waals surface area contributed by atoms with Crippen LogP contribution in [0.25, 0.3) is 0 Å². The molecule has 0 aliphatic rings. The molecule has 0 saturated heterocycles. The van der Waals surface area contributed by atoms with Gasteiger partial charge in [0.05, 0.1) is 31.7 Å². The maximum Gasteiger partial charge on any atom is 0.309 e. The standard InChI is InChI=1S/C44H87NO5S/c1-5-8-11-14-18-24-31-42(32-25-19-15-12-9-6-2)44(48)50-38-29-23-17-21-27-34-45(35-36-46)33-26-20-16-22-28-37-49-43(47)41(4)40-51-39-30-13-10-7-3/h41-42,46H,5-40H2,1-4H3. The first-order valence-electron chi connectivity index (χ1n) is 22.2. The lowest BCUT2D eigenvalue weighted by Gasteiger charge is -2.21. The number of carbonyl (C=O) groups is 2. The van der Waals surface area contributed by atoms with Gasteiger partial charge in [-0.25, -0.2) is 0 Å². The summed E-state index contributed by atoms with van der Waals surface area (Å²) in [5.41, 5.74) is 0. The fraction of sp³-hybridized carbons (Fsp3) is 0.955. The van der Waals surface area contributed by atoms with Crippen LogP contribution >= 0.6 is 11.8 Å². The first-order chi connectivity index (χ1) is 25.0. The van der Waals surface area contributed by atoms with Crippen LogP contribution in [-0.2, 0) is 19.1 Å². The number of hydrogen-bond donors (Lipinski definition) is 1. The van der Waals surface area contributed by atoms with E-state index in [1.807, 2.05) is 18.7 Å². The van der Waals surface area contributed by atoms with E-state index in [0.29, 0.717) is 13.2 Å². The fourth-order valence-electron chi connectivity index (χ4n) is 6.70. The summed E-state index contributed by atoms with van der Waals surface area (Å²) in [7, 11) is 0. The molecule has 0 bridgehead atoms. The van der Waals surface area contributed by atoms with Gasteiger partial charge in [-0.05, 0) is 63.8 Å². The van der Waals surface area contributed by atoms with E-state index in [1.54, 1.807) is 0 Å². The predicted molar refractivity (Wildman–Crippen MR) is 222 cm³/mol. The summed E-state index contributed by atoms with van der Waals surface area (Å²) in [4.78, 5) is 27.6. The van der Waals surface area contributed by atoms with Crippen LogP contribution in [0.3, 0.4) is 0 Å². The van der Waals surface area contributed by atoms with Crippen molar-refractivity contribution in [3.05, 3.63) is 0 Å². The zero-order valence-electron chi connectivity index (χ0n) is 34.5. The number of aliphatic hydroxyl groups excluding tert-OH is 1. The molecule has 0 aromatic carbocycles. The molecule has 0 spiro atoms. The average Bonchev–Trinajstić information content (AvgIpc) is 3.13.